The van der Waals surface area contributed by atoms with Crippen molar-refractivity contribution in [3.05, 3.63) is 63.0 Å². The Morgan fingerprint density at radius 2 is 1.63 bits per heavy atom. The summed E-state index contributed by atoms with van der Waals surface area (Å²) >= 11 is 0. The molecule has 1 aromatic heterocycles. The van der Waals surface area contributed by atoms with Crippen LogP contribution in [-0.2, 0) is 0 Å². The Hall–Kier alpha value is -3.69. The molecule has 0 unspecified atom stereocenters. The molecular weight excluding hydrogens is 352 g/mol. The predicted molar refractivity (Wildman–Crippen MR) is 100 cm³/mol. The number of fused-ring (bicyclic) bond motifs is 1. The monoisotopic (exact) mass is 368 g/mol. The number of piperazine rings is 1. The largest absolute Gasteiger partial charge is 0.368 e. The molecule has 10 heteroatoms. The molecule has 1 fully saturated rings. The molecule has 0 radical (unpaired) electrons. The van der Waals surface area contributed by atoms with E-state index in [-0.39, 0.29) is 28.1 Å². The molecule has 10 nitrogen and oxygen atoms in total. The number of para-hydroxylation sites is 1. The lowest BCUT2D eigenvalue weighted by atomic mass is 10.1. The van der Waals surface area contributed by atoms with Gasteiger partial charge in [-0.05, 0) is 12.1 Å². The maximum atomic E-state index is 11.7. The molecule has 0 aliphatic carbocycles. The van der Waals surface area contributed by atoms with Gasteiger partial charge in [-0.3, -0.25) is 20.2 Å². The molecule has 0 bridgehead atoms. The van der Waals surface area contributed by atoms with Crippen molar-refractivity contribution >= 4 is 33.8 Å². The molecular formula is C17H16N6O4. The Kier molecular flexibility index (Phi) is 4.07. The highest BCUT2D eigenvalue weighted by atomic mass is 16.6. The minimum atomic E-state index is -0.588. The van der Waals surface area contributed by atoms with Gasteiger partial charge in [0.1, 0.15) is 0 Å². The molecule has 1 aliphatic rings. The zero-order valence-electron chi connectivity index (χ0n) is 14.2. The summed E-state index contributed by atoms with van der Waals surface area (Å²) in [5, 5.41) is 23.3. The second-order valence-corrected chi connectivity index (χ2v) is 6.22. The number of rotatable bonds is 4. The number of nitrogens with one attached hydrogen (secondary N) is 1. The topological polar surface area (TPSA) is 121 Å². The number of nitrogens with zero attached hydrogens (tertiary/aromatic N) is 5. The molecule has 138 valence electrons. The number of H-pyrrole nitrogens is 1. The van der Waals surface area contributed by atoms with Crippen LogP contribution in [-0.4, -0.2) is 46.0 Å². The normalized spacial score (nSPS) is 14.5. The van der Waals surface area contributed by atoms with Crippen molar-refractivity contribution < 1.29 is 9.85 Å². The summed E-state index contributed by atoms with van der Waals surface area (Å²) in [7, 11) is 0. The lowest BCUT2D eigenvalue weighted by molar-refractivity contribution is -0.391. The second kappa shape index (κ2) is 6.56. The number of imidazole rings is 1. The van der Waals surface area contributed by atoms with E-state index >= 15 is 0 Å². The number of hydrogen-bond donors (Lipinski definition) is 1. The van der Waals surface area contributed by atoms with Crippen molar-refractivity contribution in [3.63, 3.8) is 0 Å². The van der Waals surface area contributed by atoms with E-state index in [9.17, 15) is 20.2 Å². The number of hydrogen-bond acceptors (Lipinski definition) is 7. The standard InChI is InChI=1S/C17H16N6O4/c24-22(25)14-10-13-15(19-11-18-13)17(23(26)27)16(14)21-8-6-20(7-9-21)12-4-2-1-3-5-12/h1-5,10-11H,6-9H2,(H,18,19). The van der Waals surface area contributed by atoms with Crippen LogP contribution in [0.5, 0.6) is 0 Å². The van der Waals surface area contributed by atoms with Gasteiger partial charge in [0.15, 0.2) is 11.2 Å². The van der Waals surface area contributed by atoms with Crippen molar-refractivity contribution in [1.82, 2.24) is 9.97 Å². The van der Waals surface area contributed by atoms with E-state index in [4.69, 9.17) is 0 Å². The lowest BCUT2D eigenvalue weighted by Crippen LogP contribution is -2.46. The van der Waals surface area contributed by atoms with Gasteiger partial charge in [-0.15, -0.1) is 0 Å². The third kappa shape index (κ3) is 2.90. The van der Waals surface area contributed by atoms with Gasteiger partial charge in [-0.1, -0.05) is 18.2 Å². The second-order valence-electron chi connectivity index (χ2n) is 6.22. The van der Waals surface area contributed by atoms with Crippen molar-refractivity contribution in [1.29, 1.82) is 0 Å². The summed E-state index contributed by atoms with van der Waals surface area (Å²) < 4.78 is 0. The van der Waals surface area contributed by atoms with Crippen molar-refractivity contribution in [3.8, 4) is 0 Å². The number of benzene rings is 2. The highest BCUT2D eigenvalue weighted by Crippen LogP contribution is 2.42. The van der Waals surface area contributed by atoms with Crippen LogP contribution in [0.25, 0.3) is 11.0 Å². The molecule has 0 atom stereocenters. The van der Waals surface area contributed by atoms with Gasteiger partial charge in [0.05, 0.1) is 21.7 Å². The first kappa shape index (κ1) is 16.8. The minimum absolute atomic E-state index is 0.0253. The molecule has 0 amide bonds. The Balaban J connectivity index is 1.73. The van der Waals surface area contributed by atoms with Crippen molar-refractivity contribution in [2.24, 2.45) is 0 Å². The van der Waals surface area contributed by atoms with Gasteiger partial charge in [0.2, 0.25) is 0 Å². The fourth-order valence-electron chi connectivity index (χ4n) is 3.49. The molecule has 2 aromatic carbocycles. The molecule has 4 rings (SSSR count). The number of nitro benzene ring substituents is 2. The van der Waals surface area contributed by atoms with Crippen LogP contribution >= 0.6 is 0 Å². The van der Waals surface area contributed by atoms with Crippen molar-refractivity contribution in [2.45, 2.75) is 0 Å². The maximum Gasteiger partial charge on any atom is 0.327 e. The van der Waals surface area contributed by atoms with Crippen LogP contribution in [0.3, 0.4) is 0 Å². The molecule has 1 saturated heterocycles. The highest BCUT2D eigenvalue weighted by Gasteiger charge is 2.35. The van der Waals surface area contributed by atoms with E-state index in [1.807, 2.05) is 30.3 Å². The van der Waals surface area contributed by atoms with Gasteiger partial charge >= 0.3 is 11.4 Å². The van der Waals surface area contributed by atoms with Crippen molar-refractivity contribution in [2.75, 3.05) is 36.0 Å². The molecule has 1 aliphatic heterocycles. The van der Waals surface area contributed by atoms with E-state index in [0.29, 0.717) is 26.2 Å². The minimum Gasteiger partial charge on any atom is -0.368 e. The van der Waals surface area contributed by atoms with Crippen LogP contribution < -0.4 is 9.80 Å². The molecule has 1 N–H and O–H groups in total. The third-order valence-electron chi connectivity index (χ3n) is 4.74. The van der Waals surface area contributed by atoms with E-state index < -0.39 is 9.85 Å². The van der Waals surface area contributed by atoms with Crippen LogP contribution in [0, 0.1) is 20.2 Å². The Morgan fingerprint density at radius 1 is 0.963 bits per heavy atom. The molecule has 0 saturated carbocycles. The Morgan fingerprint density at radius 3 is 2.26 bits per heavy atom. The summed E-state index contributed by atoms with van der Waals surface area (Å²) in [6, 6.07) is 11.1. The predicted octanol–water partition coefficient (Wildman–Crippen LogP) is 2.71. The van der Waals surface area contributed by atoms with Crippen LogP contribution in [0.4, 0.5) is 22.7 Å². The molecule has 2 heterocycles. The SMILES string of the molecule is O=[N+]([O-])c1cc2[nH]cnc2c([N+](=O)[O-])c1N1CCN(c2ccccc2)CC1. The Labute approximate surface area is 153 Å². The fraction of sp³-hybridized carbons (Fsp3) is 0.235. The van der Waals surface area contributed by atoms with Gasteiger partial charge in [-0.2, -0.15) is 0 Å². The fourth-order valence-corrected chi connectivity index (χ4v) is 3.49. The summed E-state index contributed by atoms with van der Waals surface area (Å²) in [6.07, 6.45) is 1.30. The van der Waals surface area contributed by atoms with Gasteiger partial charge in [-0.25, -0.2) is 4.98 Å². The van der Waals surface area contributed by atoms with E-state index in [2.05, 4.69) is 14.9 Å². The van der Waals surface area contributed by atoms with Gasteiger partial charge < -0.3 is 14.8 Å². The van der Waals surface area contributed by atoms with Crippen LogP contribution in [0.1, 0.15) is 0 Å². The third-order valence-corrected chi connectivity index (χ3v) is 4.74. The van der Waals surface area contributed by atoms with Crippen LogP contribution in [0.15, 0.2) is 42.7 Å². The average Bonchev–Trinajstić information content (AvgIpc) is 3.15. The van der Waals surface area contributed by atoms with E-state index in [1.54, 1.807) is 4.90 Å². The van der Waals surface area contributed by atoms with Gasteiger partial charge in [0, 0.05) is 37.9 Å². The Bertz CT molecular complexity index is 1010. The smallest absolute Gasteiger partial charge is 0.327 e. The summed E-state index contributed by atoms with van der Waals surface area (Å²) in [6.45, 7) is 2.09. The van der Waals surface area contributed by atoms with E-state index in [1.165, 1.54) is 12.4 Å². The number of anilines is 2. The summed E-state index contributed by atoms with van der Waals surface area (Å²) in [5.74, 6) is 0. The average molecular weight is 368 g/mol. The first-order valence-corrected chi connectivity index (χ1v) is 8.40. The highest BCUT2D eigenvalue weighted by molar-refractivity contribution is 5.97. The first-order valence-electron chi connectivity index (χ1n) is 8.40. The quantitative estimate of drug-likeness (QED) is 0.555. The lowest BCUT2D eigenvalue weighted by Gasteiger charge is -2.36. The number of aromatic nitrogens is 2. The van der Waals surface area contributed by atoms with E-state index in [0.717, 1.165) is 5.69 Å². The summed E-state index contributed by atoms with van der Waals surface area (Å²) in [5.41, 5.74) is 0.882. The van der Waals surface area contributed by atoms with Crippen LogP contribution in [0.2, 0.25) is 0 Å². The maximum absolute atomic E-state index is 11.7. The molecule has 0 spiro atoms. The van der Waals surface area contributed by atoms with Gasteiger partial charge in [0.25, 0.3) is 0 Å². The zero-order chi connectivity index (χ0) is 19.0. The first-order chi connectivity index (χ1) is 13.1. The summed E-state index contributed by atoms with van der Waals surface area (Å²) in [4.78, 5) is 32.8. The molecule has 27 heavy (non-hydrogen) atoms. The number of aromatic amines is 1. The molecule has 3 aromatic rings. The number of nitro groups is 2. The zero-order valence-corrected chi connectivity index (χ0v) is 14.2.